The molecule has 0 unspecified atom stereocenters. The average Bonchev–Trinajstić information content (AvgIpc) is 3.14. The van der Waals surface area contributed by atoms with Crippen molar-refractivity contribution in [1.29, 1.82) is 5.26 Å². The van der Waals surface area contributed by atoms with E-state index in [9.17, 15) is 10.1 Å². The summed E-state index contributed by atoms with van der Waals surface area (Å²) in [4.78, 5) is 12.1. The standard InChI is InChI=1S/C21H17ClN6O2/c1-28-20(14-7-19(30-2)17(22)6-12(14)8-23)16(10-25-28)11-3-4-13-15(5-11)18(9-24)26-27-21(13)29/h3-7,10H,9,24H2,1-2H3,(H,27,29). The van der Waals surface area contributed by atoms with Gasteiger partial charge in [0, 0.05) is 30.1 Å². The second-order valence-electron chi connectivity index (χ2n) is 6.64. The van der Waals surface area contributed by atoms with Crippen molar-refractivity contribution in [1.82, 2.24) is 20.0 Å². The molecule has 0 radical (unpaired) electrons. The molecule has 2 aromatic heterocycles. The van der Waals surface area contributed by atoms with E-state index in [1.807, 2.05) is 12.1 Å². The van der Waals surface area contributed by atoms with E-state index >= 15 is 0 Å². The number of nitrogens with zero attached hydrogens (tertiary/aromatic N) is 4. The molecular formula is C21H17ClN6O2. The maximum atomic E-state index is 12.1. The van der Waals surface area contributed by atoms with Crippen LogP contribution in [0.15, 0.2) is 41.3 Å². The number of hydrogen-bond acceptors (Lipinski definition) is 6. The van der Waals surface area contributed by atoms with Gasteiger partial charge in [0.1, 0.15) is 5.75 Å². The van der Waals surface area contributed by atoms with Crippen LogP contribution >= 0.6 is 11.6 Å². The van der Waals surface area contributed by atoms with Gasteiger partial charge >= 0.3 is 0 Å². The van der Waals surface area contributed by atoms with Crippen LogP contribution in [0.4, 0.5) is 0 Å². The van der Waals surface area contributed by atoms with Gasteiger partial charge in [-0.15, -0.1) is 0 Å². The highest BCUT2D eigenvalue weighted by molar-refractivity contribution is 6.32. The molecule has 30 heavy (non-hydrogen) atoms. The Morgan fingerprint density at radius 3 is 2.77 bits per heavy atom. The van der Waals surface area contributed by atoms with Crippen LogP contribution in [0.25, 0.3) is 33.2 Å². The van der Waals surface area contributed by atoms with Gasteiger partial charge in [0.25, 0.3) is 5.56 Å². The van der Waals surface area contributed by atoms with E-state index in [4.69, 9.17) is 22.1 Å². The summed E-state index contributed by atoms with van der Waals surface area (Å²) in [6, 6.07) is 10.9. The first kappa shape index (κ1) is 19.6. The molecule has 0 aliphatic rings. The number of aromatic nitrogens is 4. The molecule has 0 aliphatic carbocycles. The average molecular weight is 421 g/mol. The Balaban J connectivity index is 1.99. The first-order valence-electron chi connectivity index (χ1n) is 9.00. The smallest absolute Gasteiger partial charge is 0.272 e. The number of nitrogens with two attached hydrogens (primary N) is 1. The molecule has 0 bridgehead atoms. The zero-order chi connectivity index (χ0) is 21.4. The van der Waals surface area contributed by atoms with Crippen molar-refractivity contribution in [2.75, 3.05) is 7.11 Å². The number of H-pyrrole nitrogens is 1. The molecule has 8 nitrogen and oxygen atoms in total. The second kappa shape index (κ2) is 7.63. The van der Waals surface area contributed by atoms with E-state index in [1.54, 1.807) is 36.1 Å². The third-order valence-electron chi connectivity index (χ3n) is 4.98. The molecule has 0 saturated heterocycles. The number of halogens is 1. The van der Waals surface area contributed by atoms with Crippen LogP contribution in [0.2, 0.25) is 5.02 Å². The summed E-state index contributed by atoms with van der Waals surface area (Å²) in [6.07, 6.45) is 1.71. The number of aromatic amines is 1. The summed E-state index contributed by atoms with van der Waals surface area (Å²) in [5.74, 6) is 0.456. The van der Waals surface area contributed by atoms with Crippen molar-refractivity contribution in [3.63, 3.8) is 0 Å². The van der Waals surface area contributed by atoms with Gasteiger partial charge in [-0.2, -0.15) is 15.5 Å². The fourth-order valence-electron chi connectivity index (χ4n) is 3.51. The summed E-state index contributed by atoms with van der Waals surface area (Å²) >= 11 is 6.20. The van der Waals surface area contributed by atoms with E-state index in [0.717, 1.165) is 11.1 Å². The van der Waals surface area contributed by atoms with Gasteiger partial charge in [-0.25, -0.2) is 5.10 Å². The fourth-order valence-corrected chi connectivity index (χ4v) is 3.75. The predicted molar refractivity (Wildman–Crippen MR) is 114 cm³/mol. The number of rotatable bonds is 4. The fraction of sp³-hybridized carbons (Fsp3) is 0.143. The monoisotopic (exact) mass is 420 g/mol. The molecule has 4 aromatic rings. The molecule has 3 N–H and O–H groups in total. The minimum atomic E-state index is -0.283. The van der Waals surface area contributed by atoms with Crippen LogP contribution in [0.1, 0.15) is 11.3 Å². The van der Waals surface area contributed by atoms with Crippen LogP contribution in [0.3, 0.4) is 0 Å². The molecule has 0 saturated carbocycles. The molecule has 0 atom stereocenters. The van der Waals surface area contributed by atoms with Crippen LogP contribution in [0.5, 0.6) is 5.75 Å². The lowest BCUT2D eigenvalue weighted by atomic mass is 9.96. The lowest BCUT2D eigenvalue weighted by molar-refractivity contribution is 0.415. The molecule has 2 heterocycles. The number of aryl methyl sites for hydroxylation is 1. The summed E-state index contributed by atoms with van der Waals surface area (Å²) < 4.78 is 7.02. The first-order chi connectivity index (χ1) is 14.5. The maximum absolute atomic E-state index is 12.1. The minimum Gasteiger partial charge on any atom is -0.495 e. The molecular weight excluding hydrogens is 404 g/mol. The molecule has 4 rings (SSSR count). The van der Waals surface area contributed by atoms with Crippen molar-refractivity contribution >= 4 is 22.4 Å². The van der Waals surface area contributed by atoms with Gasteiger partial charge in [-0.3, -0.25) is 9.48 Å². The number of benzene rings is 2. The number of nitrogens with one attached hydrogen (secondary N) is 1. The van der Waals surface area contributed by atoms with Crippen LogP contribution in [-0.2, 0) is 13.6 Å². The SMILES string of the molecule is COc1cc(-c2c(-c3ccc4c(=O)[nH]nc(CN)c4c3)cnn2C)c(C#N)cc1Cl. The van der Waals surface area contributed by atoms with Gasteiger partial charge in [-0.05, 0) is 29.8 Å². The molecule has 150 valence electrons. The number of hydrogen-bond donors (Lipinski definition) is 2. The van der Waals surface area contributed by atoms with Gasteiger partial charge in [0.2, 0.25) is 0 Å². The Kier molecular flexibility index (Phi) is 4.99. The van der Waals surface area contributed by atoms with Crippen molar-refractivity contribution in [2.45, 2.75) is 6.54 Å². The van der Waals surface area contributed by atoms with Gasteiger partial charge in [0.15, 0.2) is 0 Å². The third-order valence-corrected chi connectivity index (χ3v) is 5.27. The summed E-state index contributed by atoms with van der Waals surface area (Å²) in [6.45, 7) is 0.184. The molecule has 9 heteroatoms. The number of ether oxygens (including phenoxy) is 1. The summed E-state index contributed by atoms with van der Waals surface area (Å²) in [7, 11) is 3.31. The molecule has 0 spiro atoms. The van der Waals surface area contributed by atoms with E-state index < -0.39 is 0 Å². The molecule has 0 aliphatic heterocycles. The van der Waals surface area contributed by atoms with Crippen molar-refractivity contribution in [3.8, 4) is 34.2 Å². The van der Waals surface area contributed by atoms with Gasteiger partial charge in [0.05, 0.1) is 46.7 Å². The zero-order valence-corrected chi connectivity index (χ0v) is 17.0. The Hall–Kier alpha value is -3.67. The van der Waals surface area contributed by atoms with E-state index in [1.165, 1.54) is 7.11 Å². The van der Waals surface area contributed by atoms with Crippen LogP contribution < -0.4 is 16.0 Å². The maximum Gasteiger partial charge on any atom is 0.272 e. The first-order valence-corrected chi connectivity index (χ1v) is 9.38. The van der Waals surface area contributed by atoms with Crippen LogP contribution in [-0.4, -0.2) is 27.1 Å². The summed E-state index contributed by atoms with van der Waals surface area (Å²) in [5, 5.41) is 22.1. The normalized spacial score (nSPS) is 10.9. The topological polar surface area (TPSA) is 123 Å². The van der Waals surface area contributed by atoms with Crippen molar-refractivity contribution < 1.29 is 4.74 Å². The second-order valence-corrected chi connectivity index (χ2v) is 7.05. The zero-order valence-electron chi connectivity index (χ0n) is 16.2. The largest absolute Gasteiger partial charge is 0.495 e. The van der Waals surface area contributed by atoms with E-state index in [2.05, 4.69) is 21.4 Å². The highest BCUT2D eigenvalue weighted by atomic mass is 35.5. The summed E-state index contributed by atoms with van der Waals surface area (Å²) in [5.41, 5.74) is 9.44. The van der Waals surface area contributed by atoms with Crippen LogP contribution in [0, 0.1) is 11.3 Å². The third kappa shape index (κ3) is 3.10. The van der Waals surface area contributed by atoms with Crippen molar-refractivity contribution in [2.24, 2.45) is 12.8 Å². The molecule has 0 fully saturated rings. The van der Waals surface area contributed by atoms with E-state index in [0.29, 0.717) is 44.1 Å². The lowest BCUT2D eigenvalue weighted by Crippen LogP contribution is -2.13. The quantitative estimate of drug-likeness (QED) is 0.523. The number of nitriles is 1. The Labute approximate surface area is 176 Å². The van der Waals surface area contributed by atoms with E-state index in [-0.39, 0.29) is 12.1 Å². The van der Waals surface area contributed by atoms with Gasteiger partial charge in [-0.1, -0.05) is 17.7 Å². The van der Waals surface area contributed by atoms with Crippen molar-refractivity contribution in [3.05, 3.63) is 63.2 Å². The highest BCUT2D eigenvalue weighted by Crippen LogP contribution is 2.38. The predicted octanol–water partition coefficient (Wildman–Crippen LogP) is 2.98. The Morgan fingerprint density at radius 2 is 2.07 bits per heavy atom. The Morgan fingerprint density at radius 1 is 1.27 bits per heavy atom. The number of methoxy groups -OCH3 is 1. The molecule has 2 aromatic carbocycles. The lowest BCUT2D eigenvalue weighted by Gasteiger charge is -2.12. The Bertz CT molecular complexity index is 1380. The number of fused-ring (bicyclic) bond motifs is 1. The minimum absolute atomic E-state index is 0.184. The highest BCUT2D eigenvalue weighted by Gasteiger charge is 2.19. The van der Waals surface area contributed by atoms with Gasteiger partial charge < -0.3 is 10.5 Å². The molecule has 0 amide bonds.